The van der Waals surface area contributed by atoms with E-state index in [9.17, 15) is 22.0 Å². The topological polar surface area (TPSA) is 0 Å². The molecule has 0 nitrogen and oxygen atoms in total. The van der Waals surface area contributed by atoms with Crippen LogP contribution in [-0.2, 0) is 19.5 Å². The molecule has 69 valence electrons. The van der Waals surface area contributed by atoms with Gasteiger partial charge in [0.1, 0.15) is 0 Å². The monoisotopic (exact) mass is 270 g/mol. The number of halogens is 5. The molecule has 0 unspecified atom stereocenters. The Morgan fingerprint density at radius 2 is 1.00 bits per heavy atom. The van der Waals surface area contributed by atoms with Crippen LogP contribution in [0.3, 0.4) is 0 Å². The Labute approximate surface area is 77.1 Å². The van der Waals surface area contributed by atoms with Gasteiger partial charge < -0.3 is 0 Å². The predicted molar refractivity (Wildman–Crippen MR) is 25.1 cm³/mol. The van der Waals surface area contributed by atoms with Crippen molar-refractivity contribution in [3.05, 3.63) is 35.2 Å². The van der Waals surface area contributed by atoms with Crippen LogP contribution >= 0.6 is 0 Å². The molecular formula is C6F5Rh-. The molecule has 0 N–H and O–H groups in total. The molecule has 1 aromatic rings. The van der Waals surface area contributed by atoms with Gasteiger partial charge in [0.2, 0.25) is 0 Å². The van der Waals surface area contributed by atoms with E-state index in [-0.39, 0.29) is 19.5 Å². The maximum Gasteiger partial charge on any atom is 0.0893 e. The summed E-state index contributed by atoms with van der Waals surface area (Å²) in [5.74, 6) is -10.0. The Hall–Kier alpha value is -0.507. The van der Waals surface area contributed by atoms with Crippen molar-refractivity contribution in [2.24, 2.45) is 0 Å². The van der Waals surface area contributed by atoms with Crippen LogP contribution in [0.4, 0.5) is 22.0 Å². The van der Waals surface area contributed by atoms with Crippen molar-refractivity contribution >= 4 is 0 Å². The van der Waals surface area contributed by atoms with Crippen LogP contribution in [0.2, 0.25) is 0 Å². The molecule has 0 fully saturated rings. The van der Waals surface area contributed by atoms with Gasteiger partial charge in [-0.2, -0.15) is 0 Å². The third-order valence-corrected chi connectivity index (χ3v) is 0.990. The average Bonchev–Trinajstić information content (AvgIpc) is 1.97. The van der Waals surface area contributed by atoms with Crippen LogP contribution in [0.15, 0.2) is 0 Å². The van der Waals surface area contributed by atoms with Gasteiger partial charge in [0.05, 0.1) is 29.1 Å². The molecule has 0 aliphatic rings. The molecule has 0 saturated heterocycles. The number of rotatable bonds is 0. The number of hydrogen-bond acceptors (Lipinski definition) is 0. The van der Waals surface area contributed by atoms with Crippen molar-refractivity contribution in [2.75, 3.05) is 0 Å². The van der Waals surface area contributed by atoms with Gasteiger partial charge in [-0.1, -0.05) is 0 Å². The Bertz CT molecular complexity index is 272. The Morgan fingerprint density at radius 1 is 0.667 bits per heavy atom. The zero-order valence-corrected chi connectivity index (χ0v) is 6.86. The van der Waals surface area contributed by atoms with Gasteiger partial charge in [0.25, 0.3) is 0 Å². The minimum atomic E-state index is -2.17. The Morgan fingerprint density at radius 3 is 1.33 bits per heavy atom. The van der Waals surface area contributed by atoms with Gasteiger partial charge in [-0.25, -0.2) is 13.2 Å². The van der Waals surface area contributed by atoms with Crippen LogP contribution < -0.4 is 0 Å². The Kier molecular flexibility index (Phi) is 3.77. The van der Waals surface area contributed by atoms with Gasteiger partial charge in [0, 0.05) is 19.5 Å². The summed E-state index contributed by atoms with van der Waals surface area (Å²) in [4.78, 5) is 0. The zero-order valence-electron chi connectivity index (χ0n) is 5.22. The first-order valence-corrected chi connectivity index (χ1v) is 2.44. The summed E-state index contributed by atoms with van der Waals surface area (Å²) in [5, 5.41) is 0. The normalized spacial score (nSPS) is 9.42. The van der Waals surface area contributed by atoms with E-state index in [0.29, 0.717) is 0 Å². The first kappa shape index (κ1) is 11.5. The molecule has 0 saturated carbocycles. The fraction of sp³-hybridized carbons (Fsp3) is 0. The van der Waals surface area contributed by atoms with Gasteiger partial charge >= 0.3 is 0 Å². The maximum absolute atomic E-state index is 12.0. The first-order chi connectivity index (χ1) is 5.04. The van der Waals surface area contributed by atoms with E-state index in [1.54, 1.807) is 0 Å². The van der Waals surface area contributed by atoms with E-state index in [2.05, 4.69) is 0 Å². The van der Waals surface area contributed by atoms with Crippen LogP contribution in [0.25, 0.3) is 0 Å². The predicted octanol–water partition coefficient (Wildman–Crippen LogP) is 2.18. The zero-order chi connectivity index (χ0) is 8.59. The molecule has 1 aromatic carbocycles. The molecule has 0 heterocycles. The largest absolute Gasteiger partial charge is 0.278 e. The minimum absolute atomic E-state index is 0. The van der Waals surface area contributed by atoms with Crippen molar-refractivity contribution in [1.82, 2.24) is 0 Å². The molecular weight excluding hydrogens is 270 g/mol. The van der Waals surface area contributed by atoms with Crippen LogP contribution in [0, 0.1) is 35.2 Å². The molecule has 6 heteroatoms. The summed E-state index contributed by atoms with van der Waals surface area (Å²) in [5.41, 5.74) is 0. The van der Waals surface area contributed by atoms with E-state index in [4.69, 9.17) is 0 Å². The molecule has 1 radical (unpaired) electrons. The minimum Gasteiger partial charge on any atom is -0.278 e. The quantitative estimate of drug-likeness (QED) is 0.223. The van der Waals surface area contributed by atoms with Crippen LogP contribution in [0.5, 0.6) is 0 Å². The van der Waals surface area contributed by atoms with Crippen molar-refractivity contribution in [3.63, 3.8) is 0 Å². The molecule has 12 heavy (non-hydrogen) atoms. The van der Waals surface area contributed by atoms with Crippen molar-refractivity contribution in [2.45, 2.75) is 0 Å². The van der Waals surface area contributed by atoms with Crippen molar-refractivity contribution in [3.8, 4) is 0 Å². The third-order valence-electron chi connectivity index (χ3n) is 0.990. The van der Waals surface area contributed by atoms with Gasteiger partial charge in [-0.15, -0.1) is 6.07 Å². The SMILES string of the molecule is Fc1[c-]c(F)c(F)c(F)c1F.[Rh]. The molecule has 0 spiro atoms. The third kappa shape index (κ3) is 1.80. The van der Waals surface area contributed by atoms with Gasteiger partial charge in [0.15, 0.2) is 0 Å². The summed E-state index contributed by atoms with van der Waals surface area (Å²) >= 11 is 0. The van der Waals surface area contributed by atoms with Crippen LogP contribution in [-0.4, -0.2) is 0 Å². The molecule has 0 bridgehead atoms. The standard InChI is InChI=1S/C6F5.Rh/c7-2-1-3(8)5(10)6(11)4(2)9;/q-1;. The summed E-state index contributed by atoms with van der Waals surface area (Å²) in [6.07, 6.45) is 0. The van der Waals surface area contributed by atoms with E-state index >= 15 is 0 Å². The molecule has 0 atom stereocenters. The summed E-state index contributed by atoms with van der Waals surface area (Å²) in [6.45, 7) is 0. The van der Waals surface area contributed by atoms with Gasteiger partial charge in [-0.3, -0.25) is 8.78 Å². The maximum atomic E-state index is 12.0. The van der Waals surface area contributed by atoms with E-state index in [1.807, 2.05) is 0 Å². The number of benzene rings is 1. The molecule has 1 rings (SSSR count). The van der Waals surface area contributed by atoms with E-state index in [0.717, 1.165) is 6.07 Å². The smallest absolute Gasteiger partial charge is 0.0893 e. The van der Waals surface area contributed by atoms with Gasteiger partial charge in [-0.05, 0) is 0 Å². The fourth-order valence-corrected chi connectivity index (χ4v) is 0.495. The molecule has 0 amide bonds. The van der Waals surface area contributed by atoms with E-state index in [1.165, 1.54) is 0 Å². The fourth-order valence-electron chi connectivity index (χ4n) is 0.495. The van der Waals surface area contributed by atoms with Crippen LogP contribution in [0.1, 0.15) is 0 Å². The summed E-state index contributed by atoms with van der Waals surface area (Å²) < 4.78 is 59.9. The number of hydrogen-bond donors (Lipinski definition) is 0. The Balaban J connectivity index is 0.00000121. The average molecular weight is 270 g/mol. The first-order valence-electron chi connectivity index (χ1n) is 2.44. The van der Waals surface area contributed by atoms with Crippen molar-refractivity contribution in [1.29, 1.82) is 0 Å². The van der Waals surface area contributed by atoms with Crippen molar-refractivity contribution < 1.29 is 41.4 Å². The summed E-state index contributed by atoms with van der Waals surface area (Å²) in [6, 6.07) is 1.02. The summed E-state index contributed by atoms with van der Waals surface area (Å²) in [7, 11) is 0. The second-order valence-electron chi connectivity index (χ2n) is 1.69. The van der Waals surface area contributed by atoms with E-state index < -0.39 is 29.1 Å². The second-order valence-corrected chi connectivity index (χ2v) is 1.69. The molecule has 0 aliphatic carbocycles. The molecule has 0 aliphatic heterocycles. The molecule has 0 aromatic heterocycles. The second kappa shape index (κ2) is 3.94.